The summed E-state index contributed by atoms with van der Waals surface area (Å²) in [5.74, 6) is 2.51. The van der Waals surface area contributed by atoms with E-state index in [1.165, 1.54) is 58.1 Å². The van der Waals surface area contributed by atoms with E-state index >= 15 is 0 Å². The van der Waals surface area contributed by atoms with Crippen molar-refractivity contribution in [2.45, 2.75) is 64.2 Å². The highest BCUT2D eigenvalue weighted by Gasteiger charge is 2.35. The van der Waals surface area contributed by atoms with E-state index in [9.17, 15) is 8.78 Å². The number of rotatable bonds is 5. The number of methoxy groups -OCH3 is 1. The summed E-state index contributed by atoms with van der Waals surface area (Å²) in [5.41, 5.74) is 2.10. The Balaban J connectivity index is 1.47. The summed E-state index contributed by atoms with van der Waals surface area (Å²) in [6.07, 6.45) is 10.4. The lowest BCUT2D eigenvalue weighted by Crippen LogP contribution is -2.30. The van der Waals surface area contributed by atoms with Crippen LogP contribution in [0, 0.1) is 29.4 Å². The largest absolute Gasteiger partial charge is 0.494 e. The predicted octanol–water partition coefficient (Wildman–Crippen LogP) is 7.74. The molecule has 2 aromatic rings. The molecule has 0 amide bonds. The van der Waals surface area contributed by atoms with Crippen LogP contribution in [0.4, 0.5) is 8.78 Å². The molecule has 3 heteroatoms. The first-order chi connectivity index (χ1) is 14.1. The molecule has 4 atom stereocenters. The Morgan fingerprint density at radius 3 is 2.41 bits per heavy atom. The average molecular weight is 399 g/mol. The minimum absolute atomic E-state index is 0.177. The third-order valence-electron chi connectivity index (χ3n) is 7.35. The van der Waals surface area contributed by atoms with Gasteiger partial charge < -0.3 is 4.74 Å². The molecule has 0 saturated heterocycles. The smallest absolute Gasteiger partial charge is 0.165 e. The zero-order valence-corrected chi connectivity index (χ0v) is 17.6. The molecule has 156 valence electrons. The minimum atomic E-state index is -0.467. The Hall–Kier alpha value is -1.90. The lowest BCUT2D eigenvalue weighted by atomic mass is 9.63. The second-order valence-electron chi connectivity index (χ2n) is 9.09. The normalized spacial score (nSPS) is 26.8. The van der Waals surface area contributed by atoms with Crippen LogP contribution in [0.1, 0.15) is 69.8 Å². The van der Waals surface area contributed by atoms with E-state index in [1.807, 2.05) is 12.1 Å². The summed E-state index contributed by atoms with van der Waals surface area (Å²) >= 11 is 0. The van der Waals surface area contributed by atoms with E-state index in [-0.39, 0.29) is 11.6 Å². The summed E-state index contributed by atoms with van der Waals surface area (Å²) in [7, 11) is 1.43. The molecule has 2 saturated carbocycles. The maximum atomic E-state index is 14.9. The molecule has 0 heterocycles. The van der Waals surface area contributed by atoms with Crippen molar-refractivity contribution in [2.24, 2.45) is 17.8 Å². The molecular formula is C26H32F2O. The topological polar surface area (TPSA) is 9.23 Å². The van der Waals surface area contributed by atoms with E-state index in [1.54, 1.807) is 18.2 Å². The van der Waals surface area contributed by atoms with Gasteiger partial charge in [-0.15, -0.1) is 0 Å². The third-order valence-corrected chi connectivity index (χ3v) is 7.35. The average Bonchev–Trinajstić information content (AvgIpc) is 2.73. The SMILES string of the molecule is CCCC1CCC2CC(c3ccc(-c4ccc(OC)c(F)c4)c(F)c3)CCC2C1. The van der Waals surface area contributed by atoms with E-state index in [0.29, 0.717) is 17.0 Å². The molecule has 4 rings (SSSR count). The van der Waals surface area contributed by atoms with Gasteiger partial charge in [0.05, 0.1) is 7.11 Å². The van der Waals surface area contributed by atoms with Gasteiger partial charge in [0.25, 0.3) is 0 Å². The van der Waals surface area contributed by atoms with Crippen LogP contribution in [0.15, 0.2) is 36.4 Å². The molecule has 4 unspecified atom stereocenters. The first kappa shape index (κ1) is 20.4. The van der Waals surface area contributed by atoms with Crippen molar-refractivity contribution in [3.8, 4) is 16.9 Å². The molecule has 2 aliphatic carbocycles. The third kappa shape index (κ3) is 4.34. The van der Waals surface area contributed by atoms with Crippen molar-refractivity contribution in [1.29, 1.82) is 0 Å². The highest BCUT2D eigenvalue weighted by atomic mass is 19.1. The quantitative estimate of drug-likeness (QED) is 0.500. The highest BCUT2D eigenvalue weighted by molar-refractivity contribution is 5.65. The van der Waals surface area contributed by atoms with Crippen LogP contribution in [0.25, 0.3) is 11.1 Å². The molecule has 2 fully saturated rings. The van der Waals surface area contributed by atoms with Gasteiger partial charge in [-0.05, 0) is 85.1 Å². The molecule has 0 spiro atoms. The lowest BCUT2D eigenvalue weighted by molar-refractivity contribution is 0.114. The molecule has 0 bridgehead atoms. The lowest BCUT2D eigenvalue weighted by Gasteiger charge is -2.42. The molecule has 29 heavy (non-hydrogen) atoms. The van der Waals surface area contributed by atoms with E-state index < -0.39 is 5.82 Å². The van der Waals surface area contributed by atoms with Crippen molar-refractivity contribution < 1.29 is 13.5 Å². The molecule has 0 N–H and O–H groups in total. The molecular weight excluding hydrogens is 366 g/mol. The molecule has 1 nitrogen and oxygen atoms in total. The van der Waals surface area contributed by atoms with Gasteiger partial charge in [-0.25, -0.2) is 8.78 Å². The summed E-state index contributed by atoms with van der Waals surface area (Å²) in [4.78, 5) is 0. The zero-order valence-electron chi connectivity index (χ0n) is 17.6. The fourth-order valence-electron chi connectivity index (χ4n) is 5.81. The van der Waals surface area contributed by atoms with Crippen molar-refractivity contribution in [3.63, 3.8) is 0 Å². The van der Waals surface area contributed by atoms with Crippen LogP contribution in [-0.4, -0.2) is 7.11 Å². The van der Waals surface area contributed by atoms with Crippen LogP contribution >= 0.6 is 0 Å². The fourth-order valence-corrected chi connectivity index (χ4v) is 5.81. The van der Waals surface area contributed by atoms with Crippen LogP contribution in [0.2, 0.25) is 0 Å². The van der Waals surface area contributed by atoms with E-state index in [0.717, 1.165) is 29.7 Å². The van der Waals surface area contributed by atoms with Crippen LogP contribution < -0.4 is 4.74 Å². The Labute approximate surface area is 173 Å². The number of hydrogen-bond donors (Lipinski definition) is 0. The fraction of sp³-hybridized carbons (Fsp3) is 0.538. The second kappa shape index (κ2) is 8.85. The Morgan fingerprint density at radius 1 is 0.897 bits per heavy atom. The summed E-state index contributed by atoms with van der Waals surface area (Å²) in [6, 6.07) is 10.2. The highest BCUT2D eigenvalue weighted by Crippen LogP contribution is 2.48. The minimum Gasteiger partial charge on any atom is -0.494 e. The van der Waals surface area contributed by atoms with Gasteiger partial charge >= 0.3 is 0 Å². The summed E-state index contributed by atoms with van der Waals surface area (Å²) < 4.78 is 33.9. The summed E-state index contributed by atoms with van der Waals surface area (Å²) in [5, 5.41) is 0. The van der Waals surface area contributed by atoms with Crippen molar-refractivity contribution >= 4 is 0 Å². The Morgan fingerprint density at radius 2 is 1.69 bits per heavy atom. The maximum absolute atomic E-state index is 14.9. The number of halogens is 2. The van der Waals surface area contributed by atoms with Gasteiger partial charge in [-0.3, -0.25) is 0 Å². The number of fused-ring (bicyclic) bond motifs is 1. The zero-order chi connectivity index (χ0) is 20.4. The van der Waals surface area contributed by atoms with E-state index in [2.05, 4.69) is 6.92 Å². The van der Waals surface area contributed by atoms with Gasteiger partial charge in [-0.2, -0.15) is 0 Å². The maximum Gasteiger partial charge on any atom is 0.165 e. The van der Waals surface area contributed by atoms with Gasteiger partial charge in [0.15, 0.2) is 11.6 Å². The number of ether oxygens (including phenoxy) is 1. The van der Waals surface area contributed by atoms with E-state index in [4.69, 9.17) is 4.74 Å². The predicted molar refractivity (Wildman–Crippen MR) is 114 cm³/mol. The summed E-state index contributed by atoms with van der Waals surface area (Å²) in [6.45, 7) is 2.29. The van der Waals surface area contributed by atoms with Crippen LogP contribution in [0.3, 0.4) is 0 Å². The first-order valence-corrected chi connectivity index (χ1v) is 11.2. The van der Waals surface area contributed by atoms with Crippen molar-refractivity contribution in [2.75, 3.05) is 7.11 Å². The monoisotopic (exact) mass is 398 g/mol. The Kier molecular flexibility index (Phi) is 6.22. The van der Waals surface area contributed by atoms with Gasteiger partial charge in [-0.1, -0.05) is 44.4 Å². The molecule has 0 aromatic heterocycles. The van der Waals surface area contributed by atoms with Gasteiger partial charge in [0.1, 0.15) is 5.82 Å². The molecule has 0 aliphatic heterocycles. The van der Waals surface area contributed by atoms with Gasteiger partial charge in [0, 0.05) is 5.56 Å². The first-order valence-electron chi connectivity index (χ1n) is 11.2. The Bertz CT molecular complexity index is 847. The standard InChI is InChI=1S/C26H32F2O/c1-3-4-17-5-6-19-14-20(8-7-18(19)13-17)21-9-11-23(24(27)15-21)22-10-12-26(29-2)25(28)16-22/h9-12,15-20H,3-8,13-14H2,1-2H3. The molecule has 0 radical (unpaired) electrons. The number of hydrogen-bond acceptors (Lipinski definition) is 1. The second-order valence-corrected chi connectivity index (χ2v) is 9.09. The van der Waals surface area contributed by atoms with Gasteiger partial charge in [0.2, 0.25) is 0 Å². The molecule has 2 aliphatic rings. The van der Waals surface area contributed by atoms with Crippen LogP contribution in [-0.2, 0) is 0 Å². The number of benzene rings is 2. The van der Waals surface area contributed by atoms with Crippen molar-refractivity contribution in [3.05, 3.63) is 53.6 Å². The van der Waals surface area contributed by atoms with Crippen LogP contribution in [0.5, 0.6) is 5.75 Å². The van der Waals surface area contributed by atoms with Crippen molar-refractivity contribution in [1.82, 2.24) is 0 Å². The molecule has 2 aromatic carbocycles.